The third kappa shape index (κ3) is 6.66. The van der Waals surface area contributed by atoms with Crippen LogP contribution in [0, 0.1) is 6.92 Å². The summed E-state index contributed by atoms with van der Waals surface area (Å²) in [7, 11) is 0. The molecule has 0 aliphatic rings. The van der Waals surface area contributed by atoms with Gasteiger partial charge in [-0.2, -0.15) is 0 Å². The molecule has 4 nitrogen and oxygen atoms in total. The second kappa shape index (κ2) is 7.39. The molecular formula is C15H24ClN3O. The topological polar surface area (TPSA) is 59.6 Å². The van der Waals surface area contributed by atoms with Crippen molar-refractivity contribution in [3.63, 3.8) is 0 Å². The third-order valence-electron chi connectivity index (χ3n) is 2.48. The van der Waals surface area contributed by atoms with Gasteiger partial charge in [-0.1, -0.05) is 11.6 Å². The van der Waals surface area contributed by atoms with Gasteiger partial charge in [0.1, 0.15) is 5.75 Å². The van der Waals surface area contributed by atoms with Crippen molar-refractivity contribution in [3.05, 3.63) is 28.8 Å². The van der Waals surface area contributed by atoms with Crippen molar-refractivity contribution in [2.75, 3.05) is 13.2 Å². The second-order valence-electron chi connectivity index (χ2n) is 5.75. The van der Waals surface area contributed by atoms with E-state index in [0.29, 0.717) is 19.1 Å². The van der Waals surface area contributed by atoms with E-state index in [2.05, 4.69) is 10.3 Å². The number of rotatable bonds is 5. The first-order valence-corrected chi connectivity index (χ1v) is 7.13. The number of aryl methyl sites for hydroxylation is 1. The van der Waals surface area contributed by atoms with E-state index in [-0.39, 0.29) is 5.54 Å². The van der Waals surface area contributed by atoms with Crippen LogP contribution in [0.5, 0.6) is 5.75 Å². The Bertz CT molecular complexity index is 467. The molecule has 0 spiro atoms. The zero-order valence-corrected chi connectivity index (χ0v) is 13.4. The molecule has 112 valence electrons. The Kier molecular flexibility index (Phi) is 6.14. The minimum Gasteiger partial charge on any atom is -0.493 e. The number of aliphatic imine (C=N–C) groups is 1. The van der Waals surface area contributed by atoms with Crippen molar-refractivity contribution in [3.8, 4) is 5.75 Å². The number of ether oxygens (including phenoxy) is 1. The molecule has 0 aromatic heterocycles. The van der Waals surface area contributed by atoms with Gasteiger partial charge >= 0.3 is 0 Å². The molecule has 1 aromatic rings. The lowest BCUT2D eigenvalue weighted by Gasteiger charge is -2.20. The predicted octanol–water partition coefficient (Wildman–Crippen LogP) is 3.12. The number of nitrogens with two attached hydrogens (primary N) is 1. The van der Waals surface area contributed by atoms with E-state index < -0.39 is 0 Å². The first-order valence-electron chi connectivity index (χ1n) is 6.75. The average Bonchev–Trinajstić information content (AvgIpc) is 2.28. The largest absolute Gasteiger partial charge is 0.493 e. The number of halogens is 1. The Morgan fingerprint density at radius 1 is 1.40 bits per heavy atom. The fraction of sp³-hybridized carbons (Fsp3) is 0.533. The Morgan fingerprint density at radius 3 is 2.70 bits per heavy atom. The molecule has 0 amide bonds. The molecule has 1 aromatic carbocycles. The summed E-state index contributed by atoms with van der Waals surface area (Å²) < 4.78 is 5.69. The molecule has 20 heavy (non-hydrogen) atoms. The molecule has 0 aliphatic carbocycles. The van der Waals surface area contributed by atoms with Gasteiger partial charge in [-0.05, 0) is 51.5 Å². The summed E-state index contributed by atoms with van der Waals surface area (Å²) in [6.45, 7) is 9.35. The van der Waals surface area contributed by atoms with Crippen LogP contribution in [0.3, 0.4) is 0 Å². The zero-order valence-electron chi connectivity index (χ0n) is 12.7. The smallest absolute Gasteiger partial charge is 0.188 e. The van der Waals surface area contributed by atoms with Gasteiger partial charge in [0, 0.05) is 23.5 Å². The Hall–Kier alpha value is -1.42. The minimum atomic E-state index is -0.0650. The van der Waals surface area contributed by atoms with Crippen LogP contribution in [0.2, 0.25) is 5.02 Å². The van der Waals surface area contributed by atoms with E-state index in [0.717, 1.165) is 22.8 Å². The highest BCUT2D eigenvalue weighted by molar-refractivity contribution is 6.30. The molecule has 0 unspecified atom stereocenters. The average molecular weight is 298 g/mol. The molecule has 0 fully saturated rings. The van der Waals surface area contributed by atoms with Crippen LogP contribution < -0.4 is 15.8 Å². The van der Waals surface area contributed by atoms with Crippen LogP contribution >= 0.6 is 11.6 Å². The van der Waals surface area contributed by atoms with E-state index in [4.69, 9.17) is 22.1 Å². The van der Waals surface area contributed by atoms with Gasteiger partial charge in [-0.3, -0.25) is 4.99 Å². The lowest BCUT2D eigenvalue weighted by atomic mass is 10.1. The zero-order chi connectivity index (χ0) is 15.2. The van der Waals surface area contributed by atoms with E-state index in [1.165, 1.54) is 0 Å². The van der Waals surface area contributed by atoms with Crippen LogP contribution in [0.25, 0.3) is 0 Å². The SMILES string of the molecule is Cc1cc(Cl)ccc1OCCCN=C(N)NC(C)(C)C. The summed E-state index contributed by atoms with van der Waals surface area (Å²) in [5.41, 5.74) is 6.75. The fourth-order valence-corrected chi connectivity index (χ4v) is 1.87. The van der Waals surface area contributed by atoms with E-state index >= 15 is 0 Å². The van der Waals surface area contributed by atoms with Crippen LogP contribution in [0.1, 0.15) is 32.8 Å². The lowest BCUT2D eigenvalue weighted by molar-refractivity contribution is 0.311. The van der Waals surface area contributed by atoms with Crippen molar-refractivity contribution >= 4 is 17.6 Å². The summed E-state index contributed by atoms with van der Waals surface area (Å²) in [5.74, 6) is 1.33. The maximum absolute atomic E-state index is 5.89. The standard InChI is InChI=1S/C15H24ClN3O/c1-11-10-12(16)6-7-13(11)20-9-5-8-18-14(17)19-15(2,3)4/h6-7,10H,5,8-9H2,1-4H3,(H3,17,18,19). The first kappa shape index (κ1) is 16.6. The molecular weight excluding hydrogens is 274 g/mol. The second-order valence-corrected chi connectivity index (χ2v) is 6.19. The maximum Gasteiger partial charge on any atom is 0.188 e. The number of benzene rings is 1. The van der Waals surface area contributed by atoms with Gasteiger partial charge in [0.15, 0.2) is 5.96 Å². The summed E-state index contributed by atoms with van der Waals surface area (Å²) >= 11 is 5.89. The molecule has 0 aliphatic heterocycles. The Morgan fingerprint density at radius 2 is 2.10 bits per heavy atom. The molecule has 0 radical (unpaired) electrons. The van der Waals surface area contributed by atoms with E-state index in [1.807, 2.05) is 45.9 Å². The van der Waals surface area contributed by atoms with Gasteiger partial charge in [0.05, 0.1) is 6.61 Å². The molecule has 3 N–H and O–H groups in total. The Labute approximate surface area is 126 Å². The van der Waals surface area contributed by atoms with Crippen molar-refractivity contribution < 1.29 is 4.74 Å². The van der Waals surface area contributed by atoms with Gasteiger partial charge in [0.25, 0.3) is 0 Å². The highest BCUT2D eigenvalue weighted by Gasteiger charge is 2.09. The van der Waals surface area contributed by atoms with Crippen molar-refractivity contribution in [2.24, 2.45) is 10.7 Å². The quantitative estimate of drug-likeness (QED) is 0.499. The monoisotopic (exact) mass is 297 g/mol. The molecule has 0 atom stereocenters. The maximum atomic E-state index is 5.89. The van der Waals surface area contributed by atoms with Crippen LogP contribution in [0.4, 0.5) is 0 Å². The van der Waals surface area contributed by atoms with Crippen LogP contribution in [0.15, 0.2) is 23.2 Å². The molecule has 0 heterocycles. The molecule has 5 heteroatoms. The van der Waals surface area contributed by atoms with Crippen LogP contribution in [-0.4, -0.2) is 24.7 Å². The third-order valence-corrected chi connectivity index (χ3v) is 2.72. The Balaban J connectivity index is 2.30. The summed E-state index contributed by atoms with van der Waals surface area (Å²) in [5, 5.41) is 3.84. The first-order chi connectivity index (χ1) is 9.28. The van der Waals surface area contributed by atoms with Gasteiger partial charge in [0.2, 0.25) is 0 Å². The van der Waals surface area contributed by atoms with Crippen molar-refractivity contribution in [1.82, 2.24) is 5.32 Å². The number of hydrogen-bond acceptors (Lipinski definition) is 2. The van der Waals surface area contributed by atoms with Gasteiger partial charge in [-0.25, -0.2) is 0 Å². The summed E-state index contributed by atoms with van der Waals surface area (Å²) in [6.07, 6.45) is 0.814. The lowest BCUT2D eigenvalue weighted by Crippen LogP contribution is -2.45. The fourth-order valence-electron chi connectivity index (χ4n) is 1.64. The number of guanidine groups is 1. The molecule has 0 bridgehead atoms. The highest BCUT2D eigenvalue weighted by atomic mass is 35.5. The minimum absolute atomic E-state index is 0.0650. The van der Waals surface area contributed by atoms with E-state index in [9.17, 15) is 0 Å². The predicted molar refractivity (Wildman–Crippen MR) is 85.7 cm³/mol. The van der Waals surface area contributed by atoms with Crippen molar-refractivity contribution in [1.29, 1.82) is 0 Å². The number of nitrogens with one attached hydrogen (secondary N) is 1. The summed E-state index contributed by atoms with van der Waals surface area (Å²) in [4.78, 5) is 4.26. The van der Waals surface area contributed by atoms with Gasteiger partial charge in [-0.15, -0.1) is 0 Å². The van der Waals surface area contributed by atoms with E-state index in [1.54, 1.807) is 0 Å². The molecule has 0 saturated heterocycles. The number of hydrogen-bond donors (Lipinski definition) is 2. The van der Waals surface area contributed by atoms with Gasteiger partial charge < -0.3 is 15.8 Å². The normalized spacial score (nSPS) is 12.3. The summed E-state index contributed by atoms with van der Waals surface area (Å²) in [6, 6.07) is 5.60. The van der Waals surface area contributed by atoms with Crippen molar-refractivity contribution in [2.45, 2.75) is 39.7 Å². The number of nitrogens with zero attached hydrogens (tertiary/aromatic N) is 1. The highest BCUT2D eigenvalue weighted by Crippen LogP contribution is 2.21. The van der Waals surface area contributed by atoms with Crippen LogP contribution in [-0.2, 0) is 0 Å². The molecule has 0 saturated carbocycles. The molecule has 1 rings (SSSR count).